The third-order valence-electron chi connectivity index (χ3n) is 6.63. The summed E-state index contributed by atoms with van der Waals surface area (Å²) in [5, 5.41) is 0. The van der Waals surface area contributed by atoms with Gasteiger partial charge in [0.1, 0.15) is 0 Å². The van der Waals surface area contributed by atoms with Crippen LogP contribution < -0.4 is 11.5 Å². The molecule has 0 aliphatic heterocycles. The van der Waals surface area contributed by atoms with E-state index in [1.54, 1.807) is 0 Å². The predicted molar refractivity (Wildman–Crippen MR) is 129 cm³/mol. The molecule has 0 aromatic carbocycles. The standard InChI is InChI=1S/C26H56N2/c1-4-7-9-10-11-12-13-14-15-16-17-18-19-20-21-23-25(27)26(28)24(6-3)22-8-5-2/h24-26H,4-23,27-28H2,1-3H3. The minimum atomic E-state index is 0.197. The van der Waals surface area contributed by atoms with Crippen molar-refractivity contribution in [2.45, 2.75) is 161 Å². The molecule has 3 unspecified atom stereocenters. The Bertz CT molecular complexity index is 292. The van der Waals surface area contributed by atoms with Gasteiger partial charge in [-0.15, -0.1) is 0 Å². The summed E-state index contributed by atoms with van der Waals surface area (Å²) in [6, 6.07) is 0.395. The molecule has 0 aliphatic carbocycles. The van der Waals surface area contributed by atoms with Gasteiger partial charge in [0.05, 0.1) is 0 Å². The number of hydrogen-bond donors (Lipinski definition) is 2. The molecule has 0 aliphatic rings. The van der Waals surface area contributed by atoms with E-state index in [2.05, 4.69) is 20.8 Å². The van der Waals surface area contributed by atoms with E-state index in [4.69, 9.17) is 11.5 Å². The Morgan fingerprint density at radius 2 is 0.857 bits per heavy atom. The quantitative estimate of drug-likeness (QED) is 0.181. The van der Waals surface area contributed by atoms with Crippen LogP contribution in [0.3, 0.4) is 0 Å². The summed E-state index contributed by atoms with van der Waals surface area (Å²) in [5.41, 5.74) is 12.8. The molecule has 0 spiro atoms. The molecule has 2 nitrogen and oxygen atoms in total. The third-order valence-corrected chi connectivity index (χ3v) is 6.63. The fourth-order valence-corrected chi connectivity index (χ4v) is 4.43. The van der Waals surface area contributed by atoms with Gasteiger partial charge in [-0.05, 0) is 18.8 Å². The summed E-state index contributed by atoms with van der Waals surface area (Å²) < 4.78 is 0. The first-order valence-corrected chi connectivity index (χ1v) is 13.2. The van der Waals surface area contributed by atoms with Crippen molar-refractivity contribution in [2.75, 3.05) is 0 Å². The van der Waals surface area contributed by atoms with Crippen molar-refractivity contribution in [3.63, 3.8) is 0 Å². The molecule has 0 heterocycles. The summed E-state index contributed by atoms with van der Waals surface area (Å²) in [6.07, 6.45) is 27.3. The zero-order valence-electron chi connectivity index (χ0n) is 20.0. The molecular formula is C26H56N2. The van der Waals surface area contributed by atoms with Crippen LogP contribution >= 0.6 is 0 Å². The average molecular weight is 397 g/mol. The van der Waals surface area contributed by atoms with E-state index in [0.717, 1.165) is 6.42 Å². The second-order valence-corrected chi connectivity index (χ2v) is 9.29. The van der Waals surface area contributed by atoms with Gasteiger partial charge in [-0.25, -0.2) is 0 Å². The van der Waals surface area contributed by atoms with E-state index in [9.17, 15) is 0 Å². The van der Waals surface area contributed by atoms with Crippen molar-refractivity contribution in [1.82, 2.24) is 0 Å². The van der Waals surface area contributed by atoms with Crippen LogP contribution in [-0.4, -0.2) is 12.1 Å². The fourth-order valence-electron chi connectivity index (χ4n) is 4.43. The maximum absolute atomic E-state index is 6.45. The summed E-state index contributed by atoms with van der Waals surface area (Å²) >= 11 is 0. The van der Waals surface area contributed by atoms with E-state index in [0.29, 0.717) is 5.92 Å². The van der Waals surface area contributed by atoms with Crippen LogP contribution in [0.25, 0.3) is 0 Å². The molecule has 28 heavy (non-hydrogen) atoms. The lowest BCUT2D eigenvalue weighted by Gasteiger charge is -2.28. The summed E-state index contributed by atoms with van der Waals surface area (Å²) in [5.74, 6) is 0.617. The van der Waals surface area contributed by atoms with Crippen LogP contribution in [0.1, 0.15) is 149 Å². The van der Waals surface area contributed by atoms with Gasteiger partial charge in [0.15, 0.2) is 0 Å². The van der Waals surface area contributed by atoms with Crippen molar-refractivity contribution in [3.8, 4) is 0 Å². The van der Waals surface area contributed by atoms with Crippen molar-refractivity contribution in [1.29, 1.82) is 0 Å². The number of rotatable bonds is 22. The first-order valence-electron chi connectivity index (χ1n) is 13.2. The fraction of sp³-hybridized carbons (Fsp3) is 1.00. The molecule has 0 amide bonds. The van der Waals surface area contributed by atoms with E-state index in [1.165, 1.54) is 122 Å². The van der Waals surface area contributed by atoms with Gasteiger partial charge in [0, 0.05) is 12.1 Å². The van der Waals surface area contributed by atoms with E-state index < -0.39 is 0 Å². The average Bonchev–Trinajstić information content (AvgIpc) is 2.71. The monoisotopic (exact) mass is 396 g/mol. The Morgan fingerprint density at radius 1 is 0.464 bits per heavy atom. The molecule has 0 aromatic rings. The largest absolute Gasteiger partial charge is 0.326 e. The molecule has 0 fully saturated rings. The highest BCUT2D eigenvalue weighted by molar-refractivity contribution is 4.82. The molecular weight excluding hydrogens is 340 g/mol. The molecule has 4 N–H and O–H groups in total. The Labute approximate surface area is 179 Å². The Balaban J connectivity index is 3.40. The van der Waals surface area contributed by atoms with Gasteiger partial charge in [0.2, 0.25) is 0 Å². The minimum Gasteiger partial charge on any atom is -0.326 e. The highest BCUT2D eigenvalue weighted by Gasteiger charge is 2.21. The second-order valence-electron chi connectivity index (χ2n) is 9.29. The molecule has 0 aromatic heterocycles. The summed E-state index contributed by atoms with van der Waals surface area (Å²) in [6.45, 7) is 6.82. The van der Waals surface area contributed by atoms with Crippen LogP contribution in [0.5, 0.6) is 0 Å². The van der Waals surface area contributed by atoms with Gasteiger partial charge < -0.3 is 11.5 Å². The van der Waals surface area contributed by atoms with Gasteiger partial charge in [-0.3, -0.25) is 0 Å². The van der Waals surface area contributed by atoms with Gasteiger partial charge >= 0.3 is 0 Å². The number of nitrogens with two attached hydrogens (primary N) is 2. The Morgan fingerprint density at radius 3 is 1.25 bits per heavy atom. The van der Waals surface area contributed by atoms with Gasteiger partial charge in [0.25, 0.3) is 0 Å². The molecule has 0 saturated heterocycles. The lowest BCUT2D eigenvalue weighted by molar-refractivity contribution is 0.315. The Kier molecular flexibility index (Phi) is 21.6. The summed E-state index contributed by atoms with van der Waals surface area (Å²) in [7, 11) is 0. The predicted octanol–water partition coefficient (Wildman–Crippen LogP) is 8.12. The molecule has 2 heteroatoms. The van der Waals surface area contributed by atoms with E-state index in [1.807, 2.05) is 0 Å². The lowest BCUT2D eigenvalue weighted by Crippen LogP contribution is -2.46. The molecule has 3 atom stereocenters. The first-order chi connectivity index (χ1) is 13.7. The maximum Gasteiger partial charge on any atom is 0.0220 e. The SMILES string of the molecule is CCCCCCCCCCCCCCCCCC(N)C(N)C(CC)CCCC. The minimum absolute atomic E-state index is 0.197. The van der Waals surface area contributed by atoms with Crippen LogP contribution in [0.15, 0.2) is 0 Å². The van der Waals surface area contributed by atoms with E-state index in [-0.39, 0.29) is 12.1 Å². The number of hydrogen-bond acceptors (Lipinski definition) is 2. The number of unbranched alkanes of at least 4 members (excludes halogenated alkanes) is 15. The van der Waals surface area contributed by atoms with Gasteiger partial charge in [-0.2, -0.15) is 0 Å². The highest BCUT2D eigenvalue weighted by Crippen LogP contribution is 2.20. The summed E-state index contributed by atoms with van der Waals surface area (Å²) in [4.78, 5) is 0. The topological polar surface area (TPSA) is 52.0 Å². The van der Waals surface area contributed by atoms with Gasteiger partial charge in [-0.1, -0.05) is 136 Å². The van der Waals surface area contributed by atoms with Crippen LogP contribution in [0.4, 0.5) is 0 Å². The first kappa shape index (κ1) is 27.9. The smallest absolute Gasteiger partial charge is 0.0220 e. The normalized spacial score (nSPS) is 14.9. The molecule has 0 radical (unpaired) electrons. The van der Waals surface area contributed by atoms with Crippen molar-refractivity contribution in [3.05, 3.63) is 0 Å². The zero-order valence-corrected chi connectivity index (χ0v) is 20.0. The molecule has 0 rings (SSSR count). The third kappa shape index (κ3) is 16.8. The molecule has 0 saturated carbocycles. The van der Waals surface area contributed by atoms with Crippen molar-refractivity contribution in [2.24, 2.45) is 17.4 Å². The lowest BCUT2D eigenvalue weighted by atomic mass is 9.86. The zero-order chi connectivity index (χ0) is 20.9. The highest BCUT2D eigenvalue weighted by atomic mass is 14.8. The molecule has 0 bridgehead atoms. The van der Waals surface area contributed by atoms with E-state index >= 15 is 0 Å². The Hall–Kier alpha value is -0.0800. The second kappa shape index (κ2) is 21.6. The van der Waals surface area contributed by atoms with Crippen molar-refractivity contribution < 1.29 is 0 Å². The maximum atomic E-state index is 6.45. The van der Waals surface area contributed by atoms with Crippen LogP contribution in [0, 0.1) is 5.92 Å². The van der Waals surface area contributed by atoms with Crippen LogP contribution in [0.2, 0.25) is 0 Å². The van der Waals surface area contributed by atoms with Crippen LogP contribution in [-0.2, 0) is 0 Å². The van der Waals surface area contributed by atoms with Crippen molar-refractivity contribution >= 4 is 0 Å². The molecule has 170 valence electrons.